The van der Waals surface area contributed by atoms with Crippen molar-refractivity contribution in [3.8, 4) is 0 Å². The molecule has 0 aromatic heterocycles. The molecule has 1 atom stereocenters. The summed E-state index contributed by atoms with van der Waals surface area (Å²) < 4.78 is 0. The lowest BCUT2D eigenvalue weighted by Crippen LogP contribution is -2.47. The monoisotopic (exact) mass is 566 g/mol. The summed E-state index contributed by atoms with van der Waals surface area (Å²) in [6.45, 7) is 1.73. The third kappa shape index (κ3) is 8.46. The summed E-state index contributed by atoms with van der Waals surface area (Å²) in [5.41, 5.74) is 5.18. The van der Waals surface area contributed by atoms with Crippen LogP contribution in [0.15, 0.2) is 59.7 Å². The van der Waals surface area contributed by atoms with Crippen molar-refractivity contribution in [1.29, 1.82) is 0 Å². The first-order valence-corrected chi connectivity index (χ1v) is 12.5. The van der Waals surface area contributed by atoms with Crippen molar-refractivity contribution < 1.29 is 24.6 Å². The van der Waals surface area contributed by atoms with Gasteiger partial charge in [-0.25, -0.2) is 14.6 Å². The number of nitrogens with one attached hydrogen (secondary N) is 1. The maximum absolute atomic E-state index is 12.9. The van der Waals surface area contributed by atoms with Gasteiger partial charge in [0.1, 0.15) is 5.71 Å². The van der Waals surface area contributed by atoms with Crippen molar-refractivity contribution in [2.75, 3.05) is 18.1 Å². The smallest absolute Gasteiger partial charge is 0.328 e. The molecule has 37 heavy (non-hydrogen) atoms. The van der Waals surface area contributed by atoms with E-state index < -0.39 is 11.9 Å². The van der Waals surface area contributed by atoms with Crippen LogP contribution in [0.1, 0.15) is 37.3 Å². The Morgan fingerprint density at radius 2 is 1.49 bits per heavy atom. The minimum Gasteiger partial charge on any atom is -0.478 e. The predicted octanol–water partition coefficient (Wildman–Crippen LogP) is 5.18. The first kappa shape index (κ1) is 28.5. The normalized spacial score (nSPS) is 17.6. The van der Waals surface area contributed by atoms with Gasteiger partial charge in [0, 0.05) is 41.7 Å². The Balaban J connectivity index is 0.000000414. The molecule has 2 heterocycles. The Kier molecular flexibility index (Phi) is 10.3. The van der Waals surface area contributed by atoms with Gasteiger partial charge in [-0.2, -0.15) is 5.10 Å². The molecular formula is C25H25Cl3N4O5. The number of nitrogens with zero attached hydrogens (tertiary/aromatic N) is 3. The highest BCUT2D eigenvalue weighted by Gasteiger charge is 2.34. The molecule has 1 saturated heterocycles. The van der Waals surface area contributed by atoms with E-state index in [0.717, 1.165) is 31.5 Å². The minimum atomic E-state index is -1.26. The molecule has 2 aliphatic heterocycles. The summed E-state index contributed by atoms with van der Waals surface area (Å²) in [4.78, 5) is 32.0. The Morgan fingerprint density at radius 3 is 2.05 bits per heavy atom. The van der Waals surface area contributed by atoms with Gasteiger partial charge in [-0.1, -0.05) is 53.4 Å². The van der Waals surface area contributed by atoms with Gasteiger partial charge in [-0.15, -0.1) is 0 Å². The van der Waals surface area contributed by atoms with Crippen molar-refractivity contribution in [2.24, 2.45) is 5.10 Å². The molecule has 2 aromatic rings. The molecule has 0 spiro atoms. The summed E-state index contributed by atoms with van der Waals surface area (Å²) in [5.74, 6) is -2.68. The summed E-state index contributed by atoms with van der Waals surface area (Å²) in [6, 6.07) is 12.7. The summed E-state index contributed by atoms with van der Waals surface area (Å²) in [7, 11) is 0. The molecule has 1 fully saturated rings. The number of hydrazine groups is 1. The maximum atomic E-state index is 12.9. The predicted molar refractivity (Wildman–Crippen MR) is 143 cm³/mol. The molecule has 12 heteroatoms. The second-order valence-electron chi connectivity index (χ2n) is 8.26. The van der Waals surface area contributed by atoms with Crippen LogP contribution in [0.3, 0.4) is 0 Å². The molecular weight excluding hydrogens is 543 g/mol. The number of carbonyl (C=O) groups excluding carboxylic acids is 1. The Bertz CT molecular complexity index is 1180. The molecule has 2 aromatic carbocycles. The van der Waals surface area contributed by atoms with E-state index in [0.29, 0.717) is 45.0 Å². The second kappa shape index (κ2) is 13.4. The largest absolute Gasteiger partial charge is 0.478 e. The van der Waals surface area contributed by atoms with E-state index in [9.17, 15) is 14.4 Å². The molecule has 0 radical (unpaired) electrons. The molecule has 9 nitrogen and oxygen atoms in total. The number of rotatable bonds is 6. The number of carboxylic acids is 2. The van der Waals surface area contributed by atoms with E-state index in [2.05, 4.69) is 10.5 Å². The van der Waals surface area contributed by atoms with Crippen LogP contribution in [-0.4, -0.2) is 51.9 Å². The number of anilines is 1. The zero-order valence-electron chi connectivity index (χ0n) is 19.6. The highest BCUT2D eigenvalue weighted by atomic mass is 35.5. The summed E-state index contributed by atoms with van der Waals surface area (Å²) in [6.07, 6.45) is 4.97. The van der Waals surface area contributed by atoms with E-state index in [1.807, 2.05) is 35.3 Å². The third-order valence-electron chi connectivity index (χ3n) is 5.57. The zero-order valence-corrected chi connectivity index (χ0v) is 21.9. The fraction of sp³-hybridized carbons (Fsp3) is 0.280. The summed E-state index contributed by atoms with van der Waals surface area (Å²) >= 11 is 18.6. The van der Waals surface area contributed by atoms with Gasteiger partial charge >= 0.3 is 11.9 Å². The molecule has 0 aliphatic carbocycles. The Morgan fingerprint density at radius 1 is 0.892 bits per heavy atom. The molecule has 1 unspecified atom stereocenters. The van der Waals surface area contributed by atoms with E-state index in [-0.39, 0.29) is 11.9 Å². The van der Waals surface area contributed by atoms with Gasteiger partial charge in [0.25, 0.3) is 5.91 Å². The minimum absolute atomic E-state index is 0.159. The molecule has 4 rings (SSSR count). The lowest BCUT2D eigenvalue weighted by atomic mass is 10.0. The van der Waals surface area contributed by atoms with Crippen molar-refractivity contribution in [3.63, 3.8) is 0 Å². The van der Waals surface area contributed by atoms with Crippen molar-refractivity contribution >= 4 is 64.0 Å². The number of amides is 1. The van der Waals surface area contributed by atoms with Crippen LogP contribution in [0.2, 0.25) is 15.1 Å². The number of benzene rings is 2. The van der Waals surface area contributed by atoms with Crippen LogP contribution in [0.4, 0.5) is 5.69 Å². The van der Waals surface area contributed by atoms with Crippen LogP contribution in [0.5, 0.6) is 0 Å². The van der Waals surface area contributed by atoms with Gasteiger partial charge in [0.15, 0.2) is 0 Å². The third-order valence-corrected chi connectivity index (χ3v) is 6.36. The van der Waals surface area contributed by atoms with Crippen molar-refractivity contribution in [3.05, 3.63) is 75.2 Å². The maximum Gasteiger partial charge on any atom is 0.328 e. The molecule has 3 N–H and O–H groups in total. The fourth-order valence-corrected chi connectivity index (χ4v) is 4.46. The Hall–Kier alpha value is -3.11. The first-order chi connectivity index (χ1) is 17.6. The topological polar surface area (TPSA) is 123 Å². The molecule has 2 aliphatic rings. The van der Waals surface area contributed by atoms with Gasteiger partial charge in [0.05, 0.1) is 16.8 Å². The van der Waals surface area contributed by atoms with Crippen LogP contribution in [-0.2, 0) is 14.4 Å². The van der Waals surface area contributed by atoms with Crippen LogP contribution < -0.4 is 10.4 Å². The number of carboxylic acid groups (broad SMARTS) is 2. The highest BCUT2D eigenvalue weighted by Crippen LogP contribution is 2.39. The van der Waals surface area contributed by atoms with E-state index in [4.69, 9.17) is 45.0 Å². The molecule has 0 bridgehead atoms. The number of hydrogen-bond donors (Lipinski definition) is 3. The fourth-order valence-electron chi connectivity index (χ4n) is 3.84. The summed E-state index contributed by atoms with van der Waals surface area (Å²) in [5, 5.41) is 25.7. The number of carbonyl (C=O) groups is 3. The van der Waals surface area contributed by atoms with Crippen molar-refractivity contribution in [1.82, 2.24) is 10.4 Å². The lowest BCUT2D eigenvalue weighted by molar-refractivity contribution is -0.134. The lowest BCUT2D eigenvalue weighted by Gasteiger charge is -2.26. The van der Waals surface area contributed by atoms with E-state index in [1.54, 1.807) is 17.1 Å². The number of halogens is 3. The van der Waals surface area contributed by atoms with Gasteiger partial charge in [-0.05, 0) is 48.7 Å². The van der Waals surface area contributed by atoms with Crippen LogP contribution in [0.25, 0.3) is 0 Å². The molecule has 196 valence electrons. The SMILES string of the molecule is O=C(NN1CCCCC1)C1=NN(c2ccc(Cl)cc2Cl)C(c2ccc(Cl)cc2)C1.O=C(O)C=CC(=O)O. The van der Waals surface area contributed by atoms with Gasteiger partial charge < -0.3 is 10.2 Å². The van der Waals surface area contributed by atoms with Crippen LogP contribution >= 0.6 is 34.8 Å². The van der Waals surface area contributed by atoms with Gasteiger partial charge in [-0.3, -0.25) is 15.2 Å². The quantitative estimate of drug-likeness (QED) is 0.411. The number of aliphatic carboxylic acids is 2. The van der Waals surface area contributed by atoms with Crippen molar-refractivity contribution in [2.45, 2.75) is 31.7 Å². The van der Waals surface area contributed by atoms with Gasteiger partial charge in [0.2, 0.25) is 0 Å². The number of hydrazone groups is 1. The number of piperidine rings is 1. The highest BCUT2D eigenvalue weighted by molar-refractivity contribution is 6.40. The standard InChI is InChI=1S/C21H21Cl3N4O.C4H4O4/c22-15-6-4-14(5-7-15)20-13-18(21(29)26-27-10-2-1-3-11-27)25-28(20)19-9-8-16(23)12-17(19)24;5-3(6)1-2-4(7)8/h4-9,12,20H,1-3,10-11,13H2,(H,26,29);1-2H,(H,5,6)(H,7,8). The molecule has 1 amide bonds. The van der Waals surface area contributed by atoms with E-state index in [1.165, 1.54) is 6.42 Å². The van der Waals surface area contributed by atoms with Crippen LogP contribution in [0, 0.1) is 0 Å². The zero-order chi connectivity index (χ0) is 26.9. The average Bonchev–Trinajstić information content (AvgIpc) is 3.29. The average molecular weight is 568 g/mol. The van der Waals surface area contributed by atoms with E-state index >= 15 is 0 Å². The first-order valence-electron chi connectivity index (χ1n) is 11.4. The Labute approximate surface area is 228 Å². The molecule has 0 saturated carbocycles. The second-order valence-corrected chi connectivity index (χ2v) is 9.54. The number of hydrogen-bond acceptors (Lipinski definition) is 6.